The molecule has 0 atom stereocenters. The second kappa shape index (κ2) is 5.37. The van der Waals surface area contributed by atoms with E-state index in [1.54, 1.807) is 24.5 Å². The Morgan fingerprint density at radius 3 is 3.00 bits per heavy atom. The molecule has 0 fully saturated rings. The summed E-state index contributed by atoms with van der Waals surface area (Å²) in [6, 6.07) is 7.24. The van der Waals surface area contributed by atoms with Gasteiger partial charge in [-0.1, -0.05) is 11.6 Å². The Kier molecular flexibility index (Phi) is 3.63. The molecule has 0 unspecified atom stereocenters. The molecule has 0 spiro atoms. The molecule has 17 heavy (non-hydrogen) atoms. The van der Waals surface area contributed by atoms with Crippen LogP contribution in [0.5, 0.6) is 0 Å². The van der Waals surface area contributed by atoms with Crippen molar-refractivity contribution in [3.8, 4) is 6.07 Å². The number of nitrogens with zero attached hydrogens (tertiary/aromatic N) is 2. The van der Waals surface area contributed by atoms with Gasteiger partial charge < -0.3 is 10.3 Å². The normalized spacial score (nSPS) is 9.88. The van der Waals surface area contributed by atoms with E-state index in [0.29, 0.717) is 10.6 Å². The van der Waals surface area contributed by atoms with Crippen molar-refractivity contribution in [1.29, 1.82) is 5.26 Å². The van der Waals surface area contributed by atoms with Gasteiger partial charge in [-0.15, -0.1) is 0 Å². The first-order valence-electron chi connectivity index (χ1n) is 5.21. The van der Waals surface area contributed by atoms with Crippen molar-refractivity contribution in [2.24, 2.45) is 0 Å². The van der Waals surface area contributed by atoms with Gasteiger partial charge in [-0.3, -0.25) is 0 Å². The Bertz CT molecular complexity index is 528. The summed E-state index contributed by atoms with van der Waals surface area (Å²) in [6.45, 7) is 0.735. The largest absolute Gasteiger partial charge is 0.383 e. The van der Waals surface area contributed by atoms with Gasteiger partial charge in [0.15, 0.2) is 0 Å². The molecule has 2 N–H and O–H groups in total. The Labute approximate surface area is 104 Å². The van der Waals surface area contributed by atoms with Crippen LogP contribution in [0.15, 0.2) is 30.6 Å². The summed E-state index contributed by atoms with van der Waals surface area (Å²) in [5, 5.41) is 12.5. The van der Waals surface area contributed by atoms with Gasteiger partial charge in [-0.05, 0) is 18.2 Å². The predicted octanol–water partition coefficient (Wildman–Crippen LogP) is 2.59. The monoisotopic (exact) mass is 246 g/mol. The van der Waals surface area contributed by atoms with Crippen LogP contribution in [0.3, 0.4) is 0 Å². The highest BCUT2D eigenvalue weighted by molar-refractivity contribution is 6.33. The number of anilines is 1. The molecule has 0 aliphatic rings. The molecule has 4 nitrogen and oxygen atoms in total. The maximum Gasteiger partial charge on any atom is 0.107 e. The van der Waals surface area contributed by atoms with E-state index in [-0.39, 0.29) is 0 Å². The first-order chi connectivity index (χ1) is 8.29. The van der Waals surface area contributed by atoms with Gasteiger partial charge in [-0.25, -0.2) is 4.98 Å². The highest BCUT2D eigenvalue weighted by Crippen LogP contribution is 2.22. The van der Waals surface area contributed by atoms with Gasteiger partial charge in [0.2, 0.25) is 0 Å². The topological polar surface area (TPSA) is 64.5 Å². The molecule has 0 saturated heterocycles. The minimum absolute atomic E-state index is 0.559. The fourth-order valence-corrected chi connectivity index (χ4v) is 1.73. The zero-order valence-corrected chi connectivity index (χ0v) is 9.83. The molecule has 0 amide bonds. The van der Waals surface area contributed by atoms with E-state index in [1.807, 2.05) is 12.1 Å². The molecule has 0 bridgehead atoms. The van der Waals surface area contributed by atoms with Crippen LogP contribution in [0.1, 0.15) is 11.4 Å². The van der Waals surface area contributed by atoms with E-state index in [1.165, 1.54) is 0 Å². The Morgan fingerprint density at radius 2 is 2.35 bits per heavy atom. The van der Waals surface area contributed by atoms with E-state index in [9.17, 15) is 0 Å². The maximum absolute atomic E-state index is 8.71. The lowest BCUT2D eigenvalue weighted by Gasteiger charge is -2.07. The molecule has 2 rings (SSSR count). The smallest absolute Gasteiger partial charge is 0.107 e. The fourth-order valence-electron chi connectivity index (χ4n) is 1.48. The van der Waals surface area contributed by atoms with E-state index >= 15 is 0 Å². The summed E-state index contributed by atoms with van der Waals surface area (Å²) < 4.78 is 0. The van der Waals surface area contributed by atoms with Crippen LogP contribution in [0.25, 0.3) is 0 Å². The number of nitrogens with one attached hydrogen (secondary N) is 2. The number of hydrogen-bond donors (Lipinski definition) is 2. The molecule has 2 aromatic rings. The van der Waals surface area contributed by atoms with Gasteiger partial charge in [0.05, 0.1) is 22.3 Å². The second-order valence-electron chi connectivity index (χ2n) is 3.52. The van der Waals surface area contributed by atoms with E-state index < -0.39 is 0 Å². The lowest BCUT2D eigenvalue weighted by Crippen LogP contribution is -2.06. The number of hydrogen-bond acceptors (Lipinski definition) is 3. The minimum Gasteiger partial charge on any atom is -0.383 e. The van der Waals surface area contributed by atoms with Crippen molar-refractivity contribution in [1.82, 2.24) is 9.97 Å². The fraction of sp³-hybridized carbons (Fsp3) is 0.167. The number of rotatable bonds is 4. The minimum atomic E-state index is 0.559. The van der Waals surface area contributed by atoms with Crippen LogP contribution < -0.4 is 5.32 Å². The molecular weight excluding hydrogens is 236 g/mol. The Balaban J connectivity index is 1.93. The van der Waals surface area contributed by atoms with E-state index in [2.05, 4.69) is 15.3 Å². The molecule has 1 aromatic heterocycles. The standard InChI is InChI=1S/C12H11ClN4/c13-10-7-9(8-14)1-2-11(10)15-4-3-12-16-5-6-17-12/h1-2,5-7,15H,3-4H2,(H,16,17). The SMILES string of the molecule is N#Cc1ccc(NCCc2ncc[nH]2)c(Cl)c1. The van der Waals surface area contributed by atoms with Crippen LogP contribution in [0.2, 0.25) is 5.02 Å². The predicted molar refractivity (Wildman–Crippen MR) is 66.9 cm³/mol. The Hall–Kier alpha value is -1.99. The molecule has 0 radical (unpaired) electrons. The van der Waals surface area contributed by atoms with E-state index in [0.717, 1.165) is 24.5 Å². The number of benzene rings is 1. The van der Waals surface area contributed by atoms with Crippen molar-refractivity contribution in [2.45, 2.75) is 6.42 Å². The van der Waals surface area contributed by atoms with Gasteiger partial charge >= 0.3 is 0 Å². The first kappa shape index (κ1) is 11.5. The van der Waals surface area contributed by atoms with Gasteiger partial charge in [0, 0.05) is 25.4 Å². The lowest BCUT2D eigenvalue weighted by atomic mass is 10.2. The summed E-state index contributed by atoms with van der Waals surface area (Å²) in [7, 11) is 0. The first-order valence-corrected chi connectivity index (χ1v) is 5.59. The van der Waals surface area contributed by atoms with Crippen molar-refractivity contribution in [3.63, 3.8) is 0 Å². The highest BCUT2D eigenvalue weighted by Gasteiger charge is 2.01. The zero-order valence-electron chi connectivity index (χ0n) is 9.07. The molecule has 5 heteroatoms. The van der Waals surface area contributed by atoms with Crippen LogP contribution in [-0.2, 0) is 6.42 Å². The quantitative estimate of drug-likeness (QED) is 0.872. The van der Waals surface area contributed by atoms with Crippen LogP contribution in [-0.4, -0.2) is 16.5 Å². The summed E-state index contributed by atoms with van der Waals surface area (Å²) in [5.74, 6) is 0.933. The highest BCUT2D eigenvalue weighted by atomic mass is 35.5. The molecule has 0 saturated carbocycles. The second-order valence-corrected chi connectivity index (χ2v) is 3.93. The van der Waals surface area contributed by atoms with Crippen LogP contribution in [0, 0.1) is 11.3 Å². The van der Waals surface area contributed by atoms with Crippen molar-refractivity contribution in [3.05, 3.63) is 47.0 Å². The van der Waals surface area contributed by atoms with Gasteiger partial charge in [0.1, 0.15) is 5.82 Å². The van der Waals surface area contributed by atoms with Crippen molar-refractivity contribution >= 4 is 17.3 Å². The molecule has 1 aromatic carbocycles. The molecule has 0 aliphatic carbocycles. The summed E-state index contributed by atoms with van der Waals surface area (Å²) >= 11 is 6.03. The summed E-state index contributed by atoms with van der Waals surface area (Å²) in [6.07, 6.45) is 4.32. The molecular formula is C12H11ClN4. The third-order valence-corrected chi connectivity index (χ3v) is 2.64. The van der Waals surface area contributed by atoms with E-state index in [4.69, 9.17) is 16.9 Å². The molecule has 1 heterocycles. The number of imidazole rings is 1. The van der Waals surface area contributed by atoms with Crippen LogP contribution in [0.4, 0.5) is 5.69 Å². The third kappa shape index (κ3) is 2.99. The number of H-pyrrole nitrogens is 1. The maximum atomic E-state index is 8.71. The van der Waals surface area contributed by atoms with Gasteiger partial charge in [-0.2, -0.15) is 5.26 Å². The average molecular weight is 247 g/mol. The number of aromatic amines is 1. The Morgan fingerprint density at radius 1 is 1.47 bits per heavy atom. The molecule has 86 valence electrons. The van der Waals surface area contributed by atoms with Crippen molar-refractivity contribution < 1.29 is 0 Å². The lowest BCUT2D eigenvalue weighted by molar-refractivity contribution is 0.927. The number of aromatic nitrogens is 2. The van der Waals surface area contributed by atoms with Crippen LogP contribution >= 0.6 is 11.6 Å². The van der Waals surface area contributed by atoms with Crippen molar-refractivity contribution in [2.75, 3.05) is 11.9 Å². The molecule has 0 aliphatic heterocycles. The summed E-state index contributed by atoms with van der Waals surface area (Å²) in [4.78, 5) is 7.15. The zero-order chi connectivity index (χ0) is 12.1. The number of halogens is 1. The number of nitriles is 1. The average Bonchev–Trinajstić information content (AvgIpc) is 2.84. The third-order valence-electron chi connectivity index (χ3n) is 2.33. The van der Waals surface area contributed by atoms with Gasteiger partial charge in [0.25, 0.3) is 0 Å². The summed E-state index contributed by atoms with van der Waals surface area (Å²) in [5.41, 5.74) is 1.39.